The summed E-state index contributed by atoms with van der Waals surface area (Å²) in [6.07, 6.45) is 13.0. The highest BCUT2D eigenvalue weighted by atomic mass is 16.5. The van der Waals surface area contributed by atoms with Gasteiger partial charge in [0, 0.05) is 69.4 Å². The Labute approximate surface area is 341 Å². The van der Waals surface area contributed by atoms with Crippen LogP contribution in [0.4, 0.5) is 0 Å². The molecule has 13 nitrogen and oxygen atoms in total. The lowest BCUT2D eigenvalue weighted by Gasteiger charge is -2.47. The predicted octanol–water partition coefficient (Wildman–Crippen LogP) is 5.48. The summed E-state index contributed by atoms with van der Waals surface area (Å²) in [5, 5.41) is 11.7. The molecule has 4 fully saturated rings. The fourth-order valence-electron chi connectivity index (χ4n) is 9.78. The molecule has 0 unspecified atom stereocenters. The number of ether oxygens (including phenoxy) is 2. The molecule has 306 valence electrons. The van der Waals surface area contributed by atoms with Gasteiger partial charge in [0.15, 0.2) is 0 Å². The predicted molar refractivity (Wildman–Crippen MR) is 217 cm³/mol. The smallest absolute Gasteiger partial charge is 0.262 e. The molecule has 1 atom stereocenters. The zero-order chi connectivity index (χ0) is 40.7. The number of nitriles is 1. The number of piperidine rings is 2. The quantitative estimate of drug-likeness (QED) is 0.290. The van der Waals surface area contributed by atoms with E-state index in [2.05, 4.69) is 52.3 Å². The van der Waals surface area contributed by atoms with Crippen molar-refractivity contribution >= 4 is 29.8 Å². The number of amides is 4. The molecule has 2 saturated heterocycles. The highest BCUT2D eigenvalue weighted by Gasteiger charge is 2.45. The number of hydrogen-bond acceptors (Lipinski definition) is 11. The molecule has 1 N–H and O–H groups in total. The Hall–Kier alpha value is -5.22. The molecule has 0 spiro atoms. The number of nitrogens with one attached hydrogen (secondary N) is 1. The Kier molecular flexibility index (Phi) is 11.3. The molecule has 0 radical (unpaired) electrons. The van der Waals surface area contributed by atoms with E-state index in [-0.39, 0.29) is 36.2 Å². The van der Waals surface area contributed by atoms with Gasteiger partial charge in [-0.25, -0.2) is 4.99 Å². The van der Waals surface area contributed by atoms with Crippen molar-refractivity contribution in [3.8, 4) is 17.6 Å². The Bertz CT molecular complexity index is 2030. The monoisotopic (exact) mass is 789 g/mol. The van der Waals surface area contributed by atoms with Crippen molar-refractivity contribution in [2.24, 2.45) is 10.9 Å². The van der Waals surface area contributed by atoms with Gasteiger partial charge < -0.3 is 19.3 Å². The van der Waals surface area contributed by atoms with Crippen molar-refractivity contribution in [3.63, 3.8) is 0 Å². The van der Waals surface area contributed by atoms with E-state index in [1.54, 1.807) is 18.2 Å². The first-order valence-corrected chi connectivity index (χ1v) is 21.2. The zero-order valence-corrected chi connectivity index (χ0v) is 34.1. The lowest BCUT2D eigenvalue weighted by atomic mass is 9.85. The Morgan fingerprint density at radius 1 is 0.879 bits per heavy atom. The van der Waals surface area contributed by atoms with Crippen LogP contribution in [-0.2, 0) is 9.59 Å². The standard InChI is InChI=1S/C45H55N7O6/c1-27(2)51(32-21-36(22-32)58-34-9-10-37-38(23-34)45(56)52(44(37)55)40-11-12-42(53)48-43(40)54)25-30-13-16-49(17-14-30)41-26-50(18-15-47-41)31-5-7-33(8-6-31)57-35-19-28(3)39(24-46)29(4)20-35/h9-10,15,19-20,23,26-27,30-33,36,40H,5-8,11-14,16-18,21-22,25H2,1-4H3,(H,48,53,54)/t31?,32?,33?,36?,40-/m1/s1. The first-order valence-electron chi connectivity index (χ1n) is 21.2. The minimum Gasteiger partial charge on any atom is -0.490 e. The Morgan fingerprint density at radius 2 is 1.57 bits per heavy atom. The summed E-state index contributed by atoms with van der Waals surface area (Å²) in [6.45, 7) is 12.4. The molecule has 0 aromatic heterocycles. The van der Waals surface area contributed by atoms with E-state index in [0.29, 0.717) is 29.8 Å². The van der Waals surface area contributed by atoms with Crippen molar-refractivity contribution in [2.75, 3.05) is 26.2 Å². The van der Waals surface area contributed by atoms with E-state index in [0.717, 1.165) is 111 Å². The topological polar surface area (TPSA) is 148 Å². The van der Waals surface area contributed by atoms with Crippen molar-refractivity contribution in [1.82, 2.24) is 24.9 Å². The van der Waals surface area contributed by atoms with Crippen LogP contribution in [0.15, 0.2) is 47.3 Å². The van der Waals surface area contributed by atoms with Crippen LogP contribution < -0.4 is 14.8 Å². The summed E-state index contributed by atoms with van der Waals surface area (Å²) in [4.78, 5) is 63.8. The molecule has 2 aliphatic carbocycles. The highest BCUT2D eigenvalue weighted by molar-refractivity contribution is 6.23. The van der Waals surface area contributed by atoms with Gasteiger partial charge in [-0.15, -0.1) is 0 Å². The van der Waals surface area contributed by atoms with Gasteiger partial charge in [-0.3, -0.25) is 34.3 Å². The number of benzene rings is 2. The van der Waals surface area contributed by atoms with Crippen molar-refractivity contribution in [2.45, 2.75) is 128 Å². The minimum absolute atomic E-state index is 0.0160. The number of carbonyl (C=O) groups excluding carboxylic acids is 4. The number of hydrogen-bond donors (Lipinski definition) is 1. The lowest BCUT2D eigenvalue weighted by Crippen LogP contribution is -2.54. The number of fused-ring (bicyclic) bond motifs is 1. The van der Waals surface area contributed by atoms with Crippen LogP contribution in [0, 0.1) is 31.1 Å². The second kappa shape index (κ2) is 16.6. The van der Waals surface area contributed by atoms with Gasteiger partial charge in [0.25, 0.3) is 11.8 Å². The Morgan fingerprint density at radius 3 is 2.24 bits per heavy atom. The molecule has 0 bridgehead atoms. The maximum Gasteiger partial charge on any atom is 0.262 e. The fourth-order valence-corrected chi connectivity index (χ4v) is 9.78. The van der Waals surface area contributed by atoms with Crippen LogP contribution in [0.5, 0.6) is 11.5 Å². The van der Waals surface area contributed by atoms with E-state index >= 15 is 0 Å². The molecular formula is C45H55N7O6. The van der Waals surface area contributed by atoms with Gasteiger partial charge in [-0.05, 0) is 120 Å². The fraction of sp³-hybridized carbons (Fsp3) is 0.556. The van der Waals surface area contributed by atoms with Crippen LogP contribution in [-0.4, -0.2) is 112 Å². The number of imide groups is 2. The average molecular weight is 790 g/mol. The maximum absolute atomic E-state index is 13.3. The second-order valence-corrected chi connectivity index (χ2v) is 17.3. The largest absolute Gasteiger partial charge is 0.490 e. The molecule has 4 heterocycles. The molecule has 6 aliphatic rings. The summed E-state index contributed by atoms with van der Waals surface area (Å²) >= 11 is 0. The third-order valence-electron chi connectivity index (χ3n) is 13.2. The summed E-state index contributed by atoms with van der Waals surface area (Å²) in [7, 11) is 0. The second-order valence-electron chi connectivity index (χ2n) is 17.3. The molecule has 2 aromatic carbocycles. The number of carbonyl (C=O) groups is 4. The van der Waals surface area contributed by atoms with Crippen molar-refractivity contribution in [1.29, 1.82) is 5.26 Å². The van der Waals surface area contributed by atoms with E-state index in [1.807, 2.05) is 26.0 Å². The van der Waals surface area contributed by atoms with E-state index in [4.69, 9.17) is 14.5 Å². The summed E-state index contributed by atoms with van der Waals surface area (Å²) < 4.78 is 12.7. The van der Waals surface area contributed by atoms with Crippen molar-refractivity contribution < 1.29 is 28.7 Å². The van der Waals surface area contributed by atoms with Gasteiger partial charge in [-0.2, -0.15) is 5.26 Å². The van der Waals surface area contributed by atoms with Gasteiger partial charge in [-0.1, -0.05) is 0 Å². The molecule has 2 aromatic rings. The normalized spacial score (nSPS) is 26.4. The number of rotatable bonds is 11. The van der Waals surface area contributed by atoms with E-state index < -0.39 is 29.7 Å². The van der Waals surface area contributed by atoms with Gasteiger partial charge in [0.1, 0.15) is 29.5 Å². The lowest BCUT2D eigenvalue weighted by molar-refractivity contribution is -0.136. The summed E-state index contributed by atoms with van der Waals surface area (Å²) in [5.41, 5.74) is 3.17. The molecule has 2 saturated carbocycles. The zero-order valence-electron chi connectivity index (χ0n) is 34.1. The summed E-state index contributed by atoms with van der Waals surface area (Å²) in [6, 6.07) is 11.5. The number of aliphatic imine (C=N–C) groups is 1. The molecule has 13 heteroatoms. The van der Waals surface area contributed by atoms with Crippen LogP contribution in [0.2, 0.25) is 0 Å². The van der Waals surface area contributed by atoms with Crippen LogP contribution in [0.1, 0.15) is 115 Å². The summed E-state index contributed by atoms with van der Waals surface area (Å²) in [5.74, 6) is 1.04. The molecular weight excluding hydrogens is 735 g/mol. The van der Waals surface area contributed by atoms with Gasteiger partial charge in [0.05, 0.1) is 35.4 Å². The Balaban J connectivity index is 0.787. The SMILES string of the molecule is Cc1cc(OC2CCC(N3C=C(N4CCC(CN(C(C)C)C5CC(Oc6ccc7c(c6)C(=O)N([C@@H]6CCC(=O)NC6=O)C7=O)C5)CC4)N=CC3)CC2)cc(C)c1C#N. The molecule has 4 amide bonds. The number of likely N-dealkylation sites (tertiary alicyclic amines) is 1. The van der Waals surface area contributed by atoms with E-state index in [1.165, 1.54) is 0 Å². The molecule has 58 heavy (non-hydrogen) atoms. The average Bonchev–Trinajstić information content (AvgIpc) is 3.43. The molecule has 8 rings (SSSR count). The third-order valence-corrected chi connectivity index (χ3v) is 13.2. The molecule has 4 aliphatic heterocycles. The van der Waals surface area contributed by atoms with Crippen LogP contribution >= 0.6 is 0 Å². The first-order chi connectivity index (χ1) is 27.9. The third kappa shape index (κ3) is 8.08. The van der Waals surface area contributed by atoms with Gasteiger partial charge in [0.2, 0.25) is 11.8 Å². The maximum atomic E-state index is 13.3. The highest BCUT2D eigenvalue weighted by Crippen LogP contribution is 2.36. The number of aryl methyl sites for hydroxylation is 2. The minimum atomic E-state index is -0.987. The van der Waals surface area contributed by atoms with Gasteiger partial charge >= 0.3 is 0 Å². The van der Waals surface area contributed by atoms with Crippen molar-refractivity contribution in [3.05, 3.63) is 70.2 Å². The van der Waals surface area contributed by atoms with E-state index in [9.17, 15) is 24.4 Å². The first kappa shape index (κ1) is 39.6. The van der Waals surface area contributed by atoms with Crippen LogP contribution in [0.25, 0.3) is 0 Å². The van der Waals surface area contributed by atoms with Crippen LogP contribution in [0.3, 0.4) is 0 Å². The number of nitrogens with zero attached hydrogens (tertiary/aromatic N) is 6.